The van der Waals surface area contributed by atoms with E-state index in [4.69, 9.17) is 4.98 Å². The lowest BCUT2D eigenvalue weighted by Crippen LogP contribution is -1.95. The molecule has 1 N–H and O–H groups in total. The summed E-state index contributed by atoms with van der Waals surface area (Å²) in [5.41, 5.74) is 15.2. The molecule has 0 radical (unpaired) electrons. The van der Waals surface area contributed by atoms with Crippen LogP contribution in [-0.2, 0) is 0 Å². The molecule has 0 amide bonds. The van der Waals surface area contributed by atoms with Crippen LogP contribution in [0.2, 0.25) is 0 Å². The largest absolute Gasteiger partial charge is 0.338 e. The molecule has 0 saturated carbocycles. The van der Waals surface area contributed by atoms with Gasteiger partial charge in [-0.3, -0.25) is 0 Å². The average molecular weight is 689 g/mol. The first-order valence-electron chi connectivity index (χ1n) is 18.6. The van der Waals surface area contributed by atoms with Crippen LogP contribution in [0.3, 0.4) is 0 Å². The lowest BCUT2D eigenvalue weighted by Gasteiger charge is -2.22. The van der Waals surface area contributed by atoms with Gasteiger partial charge in [-0.15, -0.1) is 0 Å². The molecule has 0 unspecified atom stereocenters. The zero-order valence-electron chi connectivity index (χ0n) is 29.7. The minimum absolute atomic E-state index is 0.874. The number of fused-ring (bicyclic) bond motifs is 3. The highest BCUT2D eigenvalue weighted by atomic mass is 14.9. The molecule has 2 nitrogen and oxygen atoms in total. The quantitative estimate of drug-likeness (QED) is 0.173. The van der Waals surface area contributed by atoms with Gasteiger partial charge in [0, 0.05) is 5.56 Å². The number of nitrogens with one attached hydrogen (secondary N) is 1. The van der Waals surface area contributed by atoms with Crippen LogP contribution in [0.25, 0.3) is 94.0 Å². The molecule has 254 valence electrons. The van der Waals surface area contributed by atoms with Gasteiger partial charge < -0.3 is 4.98 Å². The second-order valence-electron chi connectivity index (χ2n) is 13.9. The fraction of sp³-hybridized carbons (Fsp3) is 0.0192. The molecule has 0 saturated heterocycles. The Morgan fingerprint density at radius 1 is 0.426 bits per heavy atom. The number of hydrogen-bond acceptors (Lipinski definition) is 1. The second kappa shape index (κ2) is 13.5. The molecule has 2 heteroatoms. The van der Waals surface area contributed by atoms with Gasteiger partial charge in [0.05, 0.1) is 11.0 Å². The SMILES string of the molecule is C1=CCC=C(c2ccccc2-c2c3ccccc3c(-c3ccccc3-c3ccccc3)c3ccc(-c4cccc(-c5nc6ccccc6[nH]5)c4)cc23)C=C1. The van der Waals surface area contributed by atoms with Gasteiger partial charge in [-0.2, -0.15) is 0 Å². The first kappa shape index (κ1) is 31.7. The molecule has 8 aromatic carbocycles. The molecule has 1 aliphatic carbocycles. The lowest BCUT2D eigenvalue weighted by atomic mass is 9.81. The molecule has 9 aromatic rings. The second-order valence-corrected chi connectivity index (χ2v) is 13.9. The lowest BCUT2D eigenvalue weighted by molar-refractivity contribution is 1.34. The summed E-state index contributed by atoms with van der Waals surface area (Å²) in [6, 6.07) is 61.5. The Kier molecular flexibility index (Phi) is 7.92. The average Bonchev–Trinajstić information content (AvgIpc) is 3.50. The van der Waals surface area contributed by atoms with Crippen molar-refractivity contribution in [2.24, 2.45) is 0 Å². The number of aromatic amines is 1. The van der Waals surface area contributed by atoms with Crippen molar-refractivity contribution in [3.63, 3.8) is 0 Å². The molecular weight excluding hydrogens is 653 g/mol. The third kappa shape index (κ3) is 5.57. The van der Waals surface area contributed by atoms with Crippen LogP contribution in [0.15, 0.2) is 200 Å². The van der Waals surface area contributed by atoms with Crippen molar-refractivity contribution in [2.45, 2.75) is 6.42 Å². The zero-order valence-corrected chi connectivity index (χ0v) is 29.7. The summed E-state index contributed by atoms with van der Waals surface area (Å²) < 4.78 is 0. The Hall–Kier alpha value is -7.03. The number of nitrogens with zero attached hydrogens (tertiary/aromatic N) is 1. The topological polar surface area (TPSA) is 28.7 Å². The van der Waals surface area contributed by atoms with Crippen molar-refractivity contribution in [3.8, 4) is 55.9 Å². The molecule has 1 aliphatic rings. The summed E-state index contributed by atoms with van der Waals surface area (Å²) in [5, 5.41) is 4.93. The van der Waals surface area contributed by atoms with E-state index < -0.39 is 0 Å². The van der Waals surface area contributed by atoms with Gasteiger partial charge in [0.25, 0.3) is 0 Å². The Bertz CT molecular complexity index is 2920. The number of H-pyrrole nitrogens is 1. The Labute approximate surface area is 315 Å². The molecular formula is C52H36N2. The molecule has 0 atom stereocenters. The van der Waals surface area contributed by atoms with E-state index in [1.807, 2.05) is 12.1 Å². The van der Waals surface area contributed by atoms with E-state index in [1.54, 1.807) is 0 Å². The highest BCUT2D eigenvalue weighted by Gasteiger charge is 2.21. The number of aromatic nitrogens is 2. The maximum atomic E-state index is 4.92. The summed E-state index contributed by atoms with van der Waals surface area (Å²) in [5.74, 6) is 0.874. The first-order valence-corrected chi connectivity index (χ1v) is 18.6. The van der Waals surface area contributed by atoms with Crippen molar-refractivity contribution < 1.29 is 0 Å². The molecule has 0 aliphatic heterocycles. The highest BCUT2D eigenvalue weighted by Crippen LogP contribution is 2.48. The van der Waals surface area contributed by atoms with Gasteiger partial charge in [0.2, 0.25) is 0 Å². The van der Waals surface area contributed by atoms with E-state index in [1.165, 1.54) is 66.1 Å². The minimum Gasteiger partial charge on any atom is -0.338 e. The fourth-order valence-corrected chi connectivity index (χ4v) is 8.18. The molecule has 54 heavy (non-hydrogen) atoms. The van der Waals surface area contributed by atoms with E-state index in [0.29, 0.717) is 0 Å². The number of hydrogen-bond donors (Lipinski definition) is 1. The summed E-state index contributed by atoms with van der Waals surface area (Å²) in [4.78, 5) is 8.45. The third-order valence-electron chi connectivity index (χ3n) is 10.7. The molecule has 0 bridgehead atoms. The molecule has 0 spiro atoms. The van der Waals surface area contributed by atoms with Crippen LogP contribution < -0.4 is 0 Å². The standard InChI is InChI=1S/C52H36N2/c1-2-5-18-35(17-4-1)41-24-9-11-26-43(41)51-45-28-13-12-27-44(45)50(42-25-10-8-23-40(42)36-19-6-3-7-20-36)46-32-31-38(34-47(46)51)37-21-16-22-39(33-37)52-53-48-29-14-15-30-49(48)54-52/h1-4,6-34H,5H2,(H,53,54). The summed E-state index contributed by atoms with van der Waals surface area (Å²) >= 11 is 0. The maximum Gasteiger partial charge on any atom is 0.138 e. The van der Waals surface area contributed by atoms with E-state index >= 15 is 0 Å². The molecule has 1 heterocycles. The van der Waals surface area contributed by atoms with E-state index in [0.717, 1.165) is 40.0 Å². The van der Waals surface area contributed by atoms with Gasteiger partial charge in [0.1, 0.15) is 5.82 Å². The monoisotopic (exact) mass is 688 g/mol. The summed E-state index contributed by atoms with van der Waals surface area (Å²) in [7, 11) is 0. The number of allylic oxidation sites excluding steroid dienone is 6. The van der Waals surface area contributed by atoms with Crippen molar-refractivity contribution >= 4 is 38.2 Å². The molecule has 0 fully saturated rings. The number of para-hydroxylation sites is 2. The van der Waals surface area contributed by atoms with Gasteiger partial charge in [-0.25, -0.2) is 4.98 Å². The van der Waals surface area contributed by atoms with Gasteiger partial charge >= 0.3 is 0 Å². The molecule has 10 rings (SSSR count). The van der Waals surface area contributed by atoms with Gasteiger partial charge in [0.15, 0.2) is 0 Å². The fourth-order valence-electron chi connectivity index (χ4n) is 8.18. The Balaban J connectivity index is 1.27. The van der Waals surface area contributed by atoms with Crippen LogP contribution in [0.1, 0.15) is 12.0 Å². The Morgan fingerprint density at radius 2 is 1.04 bits per heavy atom. The van der Waals surface area contributed by atoms with E-state index in [2.05, 4.69) is 193 Å². The van der Waals surface area contributed by atoms with Crippen molar-refractivity contribution in [1.29, 1.82) is 0 Å². The molecule has 1 aromatic heterocycles. The number of benzene rings is 8. The number of imidazole rings is 1. The minimum atomic E-state index is 0.874. The number of rotatable bonds is 6. The van der Waals surface area contributed by atoms with E-state index in [9.17, 15) is 0 Å². The van der Waals surface area contributed by atoms with Crippen LogP contribution in [0, 0.1) is 0 Å². The van der Waals surface area contributed by atoms with Crippen LogP contribution in [-0.4, -0.2) is 9.97 Å². The predicted molar refractivity (Wildman–Crippen MR) is 229 cm³/mol. The third-order valence-corrected chi connectivity index (χ3v) is 10.7. The normalized spacial score (nSPS) is 12.7. The smallest absolute Gasteiger partial charge is 0.138 e. The van der Waals surface area contributed by atoms with Gasteiger partial charge in [-0.1, -0.05) is 176 Å². The highest BCUT2D eigenvalue weighted by molar-refractivity contribution is 6.23. The summed E-state index contributed by atoms with van der Waals surface area (Å²) in [6.45, 7) is 0. The first-order chi connectivity index (χ1) is 26.8. The van der Waals surface area contributed by atoms with Crippen molar-refractivity contribution in [3.05, 3.63) is 206 Å². The van der Waals surface area contributed by atoms with Crippen LogP contribution in [0.5, 0.6) is 0 Å². The maximum absolute atomic E-state index is 4.92. The predicted octanol–water partition coefficient (Wildman–Crippen LogP) is 14.1. The summed E-state index contributed by atoms with van der Waals surface area (Å²) in [6.07, 6.45) is 12.0. The van der Waals surface area contributed by atoms with E-state index in [-0.39, 0.29) is 0 Å². The van der Waals surface area contributed by atoms with Crippen molar-refractivity contribution in [1.82, 2.24) is 9.97 Å². The van der Waals surface area contributed by atoms with Crippen LogP contribution >= 0.6 is 0 Å². The zero-order chi connectivity index (χ0) is 35.8. The van der Waals surface area contributed by atoms with Gasteiger partial charge in [-0.05, 0) is 108 Å². The van der Waals surface area contributed by atoms with Crippen LogP contribution in [0.4, 0.5) is 0 Å². The van der Waals surface area contributed by atoms with Crippen molar-refractivity contribution in [2.75, 3.05) is 0 Å². The Morgan fingerprint density at radius 3 is 1.85 bits per heavy atom.